The first kappa shape index (κ1) is 15.4. The number of rotatable bonds is 4. The van der Waals surface area contributed by atoms with E-state index in [9.17, 15) is 4.79 Å². The first-order chi connectivity index (χ1) is 11.2. The number of nitrogens with zero attached hydrogens (tertiary/aromatic N) is 5. The lowest BCUT2D eigenvalue weighted by Crippen LogP contribution is -2.45. The van der Waals surface area contributed by atoms with Gasteiger partial charge in [0.1, 0.15) is 18.4 Å². The molecule has 0 saturated carbocycles. The number of anilines is 1. The Hall–Kier alpha value is -2.48. The van der Waals surface area contributed by atoms with E-state index in [0.29, 0.717) is 25.6 Å². The monoisotopic (exact) mass is 316 g/mol. The Kier molecular flexibility index (Phi) is 4.52. The summed E-state index contributed by atoms with van der Waals surface area (Å²) in [5.74, 6) is 1.35. The summed E-state index contributed by atoms with van der Waals surface area (Å²) < 4.78 is 7.31. The highest BCUT2D eigenvalue weighted by Crippen LogP contribution is 2.23. The number of aromatic nitrogens is 4. The zero-order valence-electron chi connectivity index (χ0n) is 13.3. The van der Waals surface area contributed by atoms with Gasteiger partial charge in [0.2, 0.25) is 5.91 Å². The molecule has 1 saturated heterocycles. The van der Waals surface area contributed by atoms with Crippen molar-refractivity contribution < 1.29 is 9.53 Å². The van der Waals surface area contributed by atoms with Gasteiger partial charge in [-0.3, -0.25) is 4.79 Å². The minimum atomic E-state index is -0.272. The van der Waals surface area contributed by atoms with Crippen LogP contribution < -0.4 is 5.32 Å². The summed E-state index contributed by atoms with van der Waals surface area (Å²) >= 11 is 0. The highest BCUT2D eigenvalue weighted by molar-refractivity contribution is 5.76. The maximum absolute atomic E-state index is 12.6. The number of hydrogen-bond acceptors (Lipinski definition) is 6. The second-order valence-electron chi connectivity index (χ2n) is 5.42. The molecular formula is C15H20N6O2. The van der Waals surface area contributed by atoms with Crippen LogP contribution in [0.2, 0.25) is 0 Å². The lowest BCUT2D eigenvalue weighted by atomic mass is 10.2. The van der Waals surface area contributed by atoms with Crippen LogP contribution in [0.4, 0.5) is 5.82 Å². The maximum atomic E-state index is 12.6. The molecule has 1 aliphatic rings. The first-order valence-corrected chi connectivity index (χ1v) is 7.53. The van der Waals surface area contributed by atoms with Gasteiger partial charge in [-0.25, -0.2) is 15.0 Å². The van der Waals surface area contributed by atoms with Crippen molar-refractivity contribution >= 4 is 11.7 Å². The van der Waals surface area contributed by atoms with E-state index in [-0.39, 0.29) is 18.5 Å². The zero-order valence-corrected chi connectivity index (χ0v) is 13.3. The van der Waals surface area contributed by atoms with E-state index in [1.54, 1.807) is 28.2 Å². The molecule has 122 valence electrons. The smallest absolute Gasteiger partial charge is 0.243 e. The van der Waals surface area contributed by atoms with Crippen LogP contribution in [0, 0.1) is 6.92 Å². The van der Waals surface area contributed by atoms with Crippen molar-refractivity contribution in [1.29, 1.82) is 0 Å². The summed E-state index contributed by atoms with van der Waals surface area (Å²) in [6.07, 6.45) is 5.07. The van der Waals surface area contributed by atoms with E-state index in [0.717, 1.165) is 11.5 Å². The normalized spacial score (nSPS) is 18.0. The minimum Gasteiger partial charge on any atom is -0.377 e. The summed E-state index contributed by atoms with van der Waals surface area (Å²) in [5.41, 5.74) is 0.854. The van der Waals surface area contributed by atoms with E-state index in [2.05, 4.69) is 20.3 Å². The number of morpholine rings is 1. The Morgan fingerprint density at radius 1 is 1.48 bits per heavy atom. The molecule has 0 spiro atoms. The van der Waals surface area contributed by atoms with Crippen molar-refractivity contribution in [1.82, 2.24) is 24.4 Å². The number of carbonyl (C=O) groups excluding carboxylic acids is 1. The fourth-order valence-electron chi connectivity index (χ4n) is 2.61. The van der Waals surface area contributed by atoms with Crippen LogP contribution in [0.25, 0.3) is 0 Å². The molecule has 0 bridgehead atoms. The average Bonchev–Trinajstić information content (AvgIpc) is 3.07. The number of carbonyl (C=O) groups is 1. The van der Waals surface area contributed by atoms with E-state index in [1.807, 2.05) is 20.0 Å². The van der Waals surface area contributed by atoms with Crippen LogP contribution in [0.5, 0.6) is 0 Å². The molecule has 0 radical (unpaired) electrons. The van der Waals surface area contributed by atoms with Crippen molar-refractivity contribution in [2.45, 2.75) is 19.5 Å². The third kappa shape index (κ3) is 3.48. The van der Waals surface area contributed by atoms with Crippen LogP contribution in [0.15, 0.2) is 24.8 Å². The van der Waals surface area contributed by atoms with Gasteiger partial charge >= 0.3 is 0 Å². The van der Waals surface area contributed by atoms with Crippen LogP contribution in [-0.2, 0) is 16.1 Å². The van der Waals surface area contributed by atoms with Crippen LogP contribution >= 0.6 is 0 Å². The van der Waals surface area contributed by atoms with Gasteiger partial charge in [0.25, 0.3) is 0 Å². The van der Waals surface area contributed by atoms with Gasteiger partial charge in [-0.2, -0.15) is 0 Å². The van der Waals surface area contributed by atoms with Crippen molar-refractivity contribution in [2.75, 3.05) is 32.1 Å². The third-order valence-electron chi connectivity index (χ3n) is 3.75. The van der Waals surface area contributed by atoms with E-state index in [4.69, 9.17) is 4.74 Å². The molecule has 0 aliphatic carbocycles. The molecule has 1 atom stereocenters. The van der Waals surface area contributed by atoms with Crippen LogP contribution in [-0.4, -0.2) is 57.1 Å². The molecule has 1 aliphatic heterocycles. The van der Waals surface area contributed by atoms with Gasteiger partial charge in [0, 0.05) is 37.7 Å². The average molecular weight is 316 g/mol. The van der Waals surface area contributed by atoms with Crippen molar-refractivity contribution in [3.63, 3.8) is 0 Å². The topological polar surface area (TPSA) is 85.2 Å². The number of nitrogens with one attached hydrogen (secondary N) is 1. The molecule has 1 amide bonds. The molecule has 1 fully saturated rings. The summed E-state index contributed by atoms with van der Waals surface area (Å²) in [4.78, 5) is 27.4. The lowest BCUT2D eigenvalue weighted by Gasteiger charge is -2.34. The standard InChI is InChI=1S/C15H20N6O2/c1-11-7-13(16-2)19-15(18-11)12-9-23-6-5-21(12)14(22)8-20-4-3-17-10-20/h3-4,7,10,12H,5-6,8-9H2,1-2H3,(H,16,18,19)/t12-/m0/s1. The molecule has 8 heteroatoms. The van der Waals surface area contributed by atoms with Gasteiger partial charge in [-0.05, 0) is 6.92 Å². The Balaban J connectivity index is 1.83. The first-order valence-electron chi connectivity index (χ1n) is 7.53. The molecule has 2 aromatic rings. The summed E-state index contributed by atoms with van der Waals surface area (Å²) in [6.45, 7) is 3.62. The number of imidazole rings is 1. The maximum Gasteiger partial charge on any atom is 0.243 e. The molecule has 8 nitrogen and oxygen atoms in total. The summed E-state index contributed by atoms with van der Waals surface area (Å²) in [6, 6.07) is 1.59. The number of amides is 1. The highest BCUT2D eigenvalue weighted by Gasteiger charge is 2.31. The predicted molar refractivity (Wildman–Crippen MR) is 83.8 cm³/mol. The van der Waals surface area contributed by atoms with Crippen LogP contribution in [0.3, 0.4) is 0 Å². The number of aryl methyl sites for hydroxylation is 1. The largest absolute Gasteiger partial charge is 0.377 e. The molecule has 0 unspecified atom stereocenters. The van der Waals surface area contributed by atoms with Crippen molar-refractivity contribution in [3.05, 3.63) is 36.3 Å². The zero-order chi connectivity index (χ0) is 16.2. The molecule has 2 aromatic heterocycles. The second kappa shape index (κ2) is 6.74. The molecule has 3 rings (SSSR count). The lowest BCUT2D eigenvalue weighted by molar-refractivity contribution is -0.141. The fraction of sp³-hybridized carbons (Fsp3) is 0.467. The van der Waals surface area contributed by atoms with Crippen molar-refractivity contribution in [3.8, 4) is 0 Å². The van der Waals surface area contributed by atoms with E-state index >= 15 is 0 Å². The molecule has 1 N–H and O–H groups in total. The Bertz CT molecular complexity index is 673. The van der Waals surface area contributed by atoms with Crippen LogP contribution in [0.1, 0.15) is 17.6 Å². The summed E-state index contributed by atoms with van der Waals surface area (Å²) in [5, 5.41) is 3.02. The molecule has 23 heavy (non-hydrogen) atoms. The Labute approximate surface area is 134 Å². The predicted octanol–water partition coefficient (Wildman–Crippen LogP) is 0.623. The number of hydrogen-bond donors (Lipinski definition) is 1. The molecular weight excluding hydrogens is 296 g/mol. The highest BCUT2D eigenvalue weighted by atomic mass is 16.5. The van der Waals surface area contributed by atoms with E-state index in [1.165, 1.54) is 0 Å². The second-order valence-corrected chi connectivity index (χ2v) is 5.42. The van der Waals surface area contributed by atoms with Gasteiger partial charge in [-0.15, -0.1) is 0 Å². The van der Waals surface area contributed by atoms with Crippen molar-refractivity contribution in [2.24, 2.45) is 0 Å². The Morgan fingerprint density at radius 2 is 2.35 bits per heavy atom. The van der Waals surface area contributed by atoms with Gasteiger partial charge < -0.3 is 19.5 Å². The minimum absolute atomic E-state index is 0.00686. The Morgan fingerprint density at radius 3 is 3.09 bits per heavy atom. The van der Waals surface area contributed by atoms with E-state index < -0.39 is 0 Å². The quantitative estimate of drug-likeness (QED) is 0.890. The van der Waals surface area contributed by atoms with Gasteiger partial charge in [0.05, 0.1) is 19.5 Å². The SMILES string of the molecule is CNc1cc(C)nc([C@@H]2COCCN2C(=O)Cn2ccnc2)n1. The van der Waals surface area contributed by atoms with Gasteiger partial charge in [0.15, 0.2) is 5.82 Å². The fourth-order valence-corrected chi connectivity index (χ4v) is 2.61. The molecule has 3 heterocycles. The number of ether oxygens (including phenoxy) is 1. The third-order valence-corrected chi connectivity index (χ3v) is 3.75. The van der Waals surface area contributed by atoms with Gasteiger partial charge in [-0.1, -0.05) is 0 Å². The summed E-state index contributed by atoms with van der Waals surface area (Å²) in [7, 11) is 1.81. The molecule has 0 aromatic carbocycles.